The number of aromatic carboxylic acids is 1. The van der Waals surface area contributed by atoms with Crippen molar-refractivity contribution in [1.29, 1.82) is 0 Å². The van der Waals surface area contributed by atoms with Crippen LogP contribution in [0, 0.1) is 12.3 Å². The van der Waals surface area contributed by atoms with Gasteiger partial charge in [0.25, 0.3) is 0 Å². The third-order valence-corrected chi connectivity index (χ3v) is 1.19. The van der Waals surface area contributed by atoms with Crippen LogP contribution in [0.4, 0.5) is 0 Å². The van der Waals surface area contributed by atoms with Crippen molar-refractivity contribution in [1.82, 2.24) is 4.37 Å². The summed E-state index contributed by atoms with van der Waals surface area (Å²) in [6.45, 7) is 0. The van der Waals surface area contributed by atoms with Gasteiger partial charge < -0.3 is 5.11 Å². The van der Waals surface area contributed by atoms with E-state index in [-0.39, 0.29) is 4.88 Å². The first kappa shape index (κ1) is 5.24. The highest BCUT2D eigenvalue weighted by Crippen LogP contribution is 2.00. The van der Waals surface area contributed by atoms with Crippen LogP contribution in [0.1, 0.15) is 9.67 Å². The highest BCUT2D eigenvalue weighted by atomic mass is 32.1. The van der Waals surface area contributed by atoms with Gasteiger partial charge in [0.2, 0.25) is 0 Å². The molecule has 0 aromatic carbocycles. The Balaban J connectivity index is 2.93. The minimum atomic E-state index is -0.997. The van der Waals surface area contributed by atoms with Crippen LogP contribution in [0.5, 0.6) is 0 Å². The standard InChI is InChI=1S/C4HNO2S/c6-4(7)3-1-2-5-8-3/h(H,6,7). The molecule has 0 unspecified atom stereocenters. The van der Waals surface area contributed by atoms with Gasteiger partial charge in [-0.1, -0.05) is 0 Å². The maximum atomic E-state index is 9.98. The van der Waals surface area contributed by atoms with E-state index in [1.54, 1.807) is 0 Å². The zero-order valence-electron chi connectivity index (χ0n) is 3.71. The lowest BCUT2D eigenvalue weighted by molar-refractivity contribution is 0.0702. The second-order valence-corrected chi connectivity index (χ2v) is 1.83. The van der Waals surface area contributed by atoms with E-state index in [4.69, 9.17) is 5.11 Å². The molecule has 1 aromatic heterocycles. The molecule has 0 spiro atoms. The summed E-state index contributed by atoms with van der Waals surface area (Å²) in [6.07, 6.45) is 2.27. The number of carbonyl (C=O) groups is 1. The molecule has 8 heavy (non-hydrogen) atoms. The van der Waals surface area contributed by atoms with Gasteiger partial charge in [-0.3, -0.25) is 0 Å². The van der Waals surface area contributed by atoms with Gasteiger partial charge in [0.05, 0.1) is 0 Å². The van der Waals surface area contributed by atoms with Gasteiger partial charge >= 0.3 is 5.97 Å². The molecule has 0 saturated heterocycles. The largest absolute Gasteiger partial charge is 0.477 e. The molecule has 0 atom stereocenters. The number of aromatic nitrogens is 1. The zero-order chi connectivity index (χ0) is 5.98. The SMILES string of the molecule is O=C(O)c1[c][c]ns1. The third kappa shape index (κ3) is 0.840. The van der Waals surface area contributed by atoms with Crippen LogP contribution in [0.25, 0.3) is 0 Å². The summed E-state index contributed by atoms with van der Waals surface area (Å²) in [7, 11) is 0. The van der Waals surface area contributed by atoms with Crippen molar-refractivity contribution >= 4 is 17.5 Å². The third-order valence-electron chi connectivity index (χ3n) is 0.546. The Labute approximate surface area is 49.8 Å². The van der Waals surface area contributed by atoms with E-state index in [1.807, 2.05) is 0 Å². The number of nitrogens with zero attached hydrogens (tertiary/aromatic N) is 1. The molecule has 0 aliphatic heterocycles. The van der Waals surface area contributed by atoms with Gasteiger partial charge in [0.1, 0.15) is 11.1 Å². The van der Waals surface area contributed by atoms with Crippen LogP contribution in [0.2, 0.25) is 0 Å². The maximum Gasteiger partial charge on any atom is 0.348 e. The van der Waals surface area contributed by atoms with E-state index in [2.05, 4.69) is 16.6 Å². The lowest BCUT2D eigenvalue weighted by Crippen LogP contribution is -1.89. The smallest absolute Gasteiger partial charge is 0.348 e. The summed E-state index contributed by atoms with van der Waals surface area (Å²) in [5.41, 5.74) is 0. The van der Waals surface area contributed by atoms with E-state index >= 15 is 0 Å². The molecular weight excluding hydrogens is 126 g/mol. The molecule has 1 rings (SSSR count). The van der Waals surface area contributed by atoms with Crippen LogP contribution in [0.15, 0.2) is 0 Å². The molecule has 2 radical (unpaired) electrons. The second kappa shape index (κ2) is 1.92. The first-order valence-electron chi connectivity index (χ1n) is 1.79. The first-order chi connectivity index (χ1) is 3.80. The highest BCUT2D eigenvalue weighted by molar-refractivity contribution is 7.07. The first-order valence-corrected chi connectivity index (χ1v) is 2.56. The van der Waals surface area contributed by atoms with Crippen LogP contribution in [-0.2, 0) is 0 Å². The van der Waals surface area contributed by atoms with E-state index in [9.17, 15) is 4.79 Å². The fourth-order valence-corrected chi connectivity index (χ4v) is 0.609. The Morgan fingerprint density at radius 1 is 1.88 bits per heavy atom. The Morgan fingerprint density at radius 3 is 2.88 bits per heavy atom. The molecule has 0 aliphatic rings. The molecule has 0 fully saturated rings. The number of hydrogen-bond donors (Lipinski definition) is 1. The number of rotatable bonds is 1. The molecule has 0 aliphatic carbocycles. The van der Waals surface area contributed by atoms with E-state index in [0.717, 1.165) is 11.5 Å². The predicted octanol–water partition coefficient (Wildman–Crippen LogP) is 0.442. The fourth-order valence-electron chi connectivity index (χ4n) is 0.257. The monoisotopic (exact) mass is 127 g/mol. The summed E-state index contributed by atoms with van der Waals surface area (Å²) in [5, 5.41) is 8.19. The van der Waals surface area contributed by atoms with Gasteiger partial charge in [-0.15, -0.1) is 0 Å². The van der Waals surface area contributed by atoms with Crippen molar-refractivity contribution in [3.05, 3.63) is 17.1 Å². The fraction of sp³-hybridized carbons (Fsp3) is 0. The van der Waals surface area contributed by atoms with Crippen molar-refractivity contribution in [2.24, 2.45) is 0 Å². The van der Waals surface area contributed by atoms with Crippen molar-refractivity contribution < 1.29 is 9.90 Å². The molecule has 1 N–H and O–H groups in total. The van der Waals surface area contributed by atoms with Gasteiger partial charge in [-0.2, -0.15) is 4.37 Å². The van der Waals surface area contributed by atoms with Crippen molar-refractivity contribution in [3.8, 4) is 0 Å². The van der Waals surface area contributed by atoms with Crippen LogP contribution in [-0.4, -0.2) is 15.4 Å². The lowest BCUT2D eigenvalue weighted by atomic mass is 10.5. The number of hydrogen-bond acceptors (Lipinski definition) is 3. The summed E-state index contributed by atoms with van der Waals surface area (Å²) >= 11 is 0.870. The Bertz CT molecular complexity index is 182. The highest BCUT2D eigenvalue weighted by Gasteiger charge is 2.02. The molecule has 40 valence electrons. The second-order valence-electron chi connectivity index (χ2n) is 1.05. The van der Waals surface area contributed by atoms with Gasteiger partial charge in [0, 0.05) is 6.07 Å². The molecule has 0 bridgehead atoms. The van der Waals surface area contributed by atoms with Gasteiger partial charge in [0.15, 0.2) is 0 Å². The summed E-state index contributed by atoms with van der Waals surface area (Å²) in [4.78, 5) is 10.1. The summed E-state index contributed by atoms with van der Waals surface area (Å²) in [5.74, 6) is -0.997. The zero-order valence-corrected chi connectivity index (χ0v) is 4.53. The number of carboxylic acids is 1. The molecule has 0 saturated carbocycles. The van der Waals surface area contributed by atoms with Crippen LogP contribution >= 0.6 is 11.5 Å². The van der Waals surface area contributed by atoms with Gasteiger partial charge in [-0.05, 0) is 11.5 Å². The van der Waals surface area contributed by atoms with Crippen molar-refractivity contribution in [2.45, 2.75) is 0 Å². The summed E-state index contributed by atoms with van der Waals surface area (Å²) < 4.78 is 3.42. The quantitative estimate of drug-likeness (QED) is 0.595. The summed E-state index contributed by atoms with van der Waals surface area (Å²) in [6, 6.07) is 2.32. The number of carboxylic acid groups (broad SMARTS) is 1. The van der Waals surface area contributed by atoms with Crippen molar-refractivity contribution in [3.63, 3.8) is 0 Å². The molecule has 1 aromatic rings. The molecule has 3 nitrogen and oxygen atoms in total. The minimum absolute atomic E-state index is 0.102. The van der Waals surface area contributed by atoms with Crippen LogP contribution < -0.4 is 0 Å². The lowest BCUT2D eigenvalue weighted by Gasteiger charge is -1.76. The average Bonchev–Trinajstić information content (AvgIpc) is 2.12. The maximum absolute atomic E-state index is 9.98. The average molecular weight is 127 g/mol. The Kier molecular flexibility index (Phi) is 1.26. The predicted molar refractivity (Wildman–Crippen MR) is 26.7 cm³/mol. The van der Waals surface area contributed by atoms with E-state index < -0.39 is 5.97 Å². The molecule has 4 heteroatoms. The van der Waals surface area contributed by atoms with Gasteiger partial charge in [-0.25, -0.2) is 4.79 Å². The van der Waals surface area contributed by atoms with Crippen LogP contribution in [0.3, 0.4) is 0 Å². The molecule has 0 amide bonds. The Hall–Kier alpha value is -0.900. The van der Waals surface area contributed by atoms with Crippen molar-refractivity contribution in [2.75, 3.05) is 0 Å². The Morgan fingerprint density at radius 2 is 2.62 bits per heavy atom. The minimum Gasteiger partial charge on any atom is -0.477 e. The topological polar surface area (TPSA) is 50.2 Å². The molecule has 1 heterocycles. The van der Waals surface area contributed by atoms with E-state index in [0.29, 0.717) is 0 Å². The molecular formula is C4HNO2S. The normalized spacial score (nSPS) is 9.00. The van der Waals surface area contributed by atoms with E-state index in [1.165, 1.54) is 0 Å².